The Morgan fingerprint density at radius 3 is 2.70 bits per heavy atom. The zero-order chi connectivity index (χ0) is 19.0. The minimum absolute atomic E-state index is 0.924. The summed E-state index contributed by atoms with van der Waals surface area (Å²) in [5.41, 5.74) is 7.75. The van der Waals surface area contributed by atoms with E-state index in [1.807, 2.05) is 6.20 Å². The molecule has 27 heavy (non-hydrogen) atoms. The van der Waals surface area contributed by atoms with E-state index >= 15 is 0 Å². The molecule has 0 radical (unpaired) electrons. The average molecular weight is 364 g/mol. The van der Waals surface area contributed by atoms with Crippen LogP contribution >= 0.6 is 0 Å². The molecule has 142 valence electrons. The quantitative estimate of drug-likeness (QED) is 0.906. The van der Waals surface area contributed by atoms with Gasteiger partial charge < -0.3 is 14.8 Å². The van der Waals surface area contributed by atoms with E-state index in [1.165, 1.54) is 5.56 Å². The van der Waals surface area contributed by atoms with Crippen molar-refractivity contribution in [2.24, 2.45) is 0 Å². The van der Waals surface area contributed by atoms with Crippen molar-refractivity contribution in [2.75, 3.05) is 39.8 Å². The van der Waals surface area contributed by atoms with Crippen LogP contribution in [0.25, 0.3) is 11.3 Å². The second kappa shape index (κ2) is 7.33. The van der Waals surface area contributed by atoms with Gasteiger partial charge in [-0.3, -0.25) is 9.88 Å². The van der Waals surface area contributed by atoms with Crippen LogP contribution in [0.5, 0.6) is 0 Å². The molecule has 2 aromatic rings. The Balaban J connectivity index is 1.56. The SMILES string of the molecule is C=C(c1cc2n(c1)CCNC2=C)c1cc(CN2CCN(C)CC2)cnc1C. The number of aryl methyl sites for hydroxylation is 1. The summed E-state index contributed by atoms with van der Waals surface area (Å²) < 4.78 is 2.26. The standard InChI is InChI=1S/C22H29N5/c1-16(20-12-22-18(3)23-5-6-27(22)15-20)21-11-19(13-24-17(21)2)14-26-9-7-25(4)8-10-26/h11-13,15,23H,1,3,5-10,14H2,2,4H3. The Hall–Kier alpha value is -2.37. The maximum atomic E-state index is 4.67. The third-order valence-corrected chi connectivity index (χ3v) is 5.72. The summed E-state index contributed by atoms with van der Waals surface area (Å²) in [5.74, 6) is 0. The fraction of sp³-hybridized carbons (Fsp3) is 0.409. The molecule has 4 rings (SSSR count). The van der Waals surface area contributed by atoms with Crippen LogP contribution in [0.2, 0.25) is 0 Å². The van der Waals surface area contributed by atoms with Crippen molar-refractivity contribution in [3.05, 3.63) is 65.8 Å². The maximum Gasteiger partial charge on any atom is 0.0643 e. The van der Waals surface area contributed by atoms with E-state index in [0.29, 0.717) is 0 Å². The molecule has 0 unspecified atom stereocenters. The van der Waals surface area contributed by atoms with E-state index in [1.54, 1.807) is 0 Å². The summed E-state index contributed by atoms with van der Waals surface area (Å²) in [4.78, 5) is 9.56. The van der Waals surface area contributed by atoms with Crippen LogP contribution in [-0.2, 0) is 13.1 Å². The highest BCUT2D eigenvalue weighted by molar-refractivity contribution is 5.81. The first-order chi connectivity index (χ1) is 13.0. The van der Waals surface area contributed by atoms with Crippen molar-refractivity contribution in [3.63, 3.8) is 0 Å². The van der Waals surface area contributed by atoms with Crippen LogP contribution in [0.3, 0.4) is 0 Å². The first kappa shape index (κ1) is 18.0. The number of nitrogens with zero attached hydrogens (tertiary/aromatic N) is 4. The van der Waals surface area contributed by atoms with Gasteiger partial charge in [0.05, 0.1) is 11.4 Å². The number of piperazine rings is 1. The number of likely N-dealkylation sites (N-methyl/N-ethyl adjacent to an activating group) is 1. The lowest BCUT2D eigenvalue weighted by Crippen LogP contribution is -2.43. The monoisotopic (exact) mass is 363 g/mol. The van der Waals surface area contributed by atoms with Gasteiger partial charge in [0.25, 0.3) is 0 Å². The predicted octanol–water partition coefficient (Wildman–Crippen LogP) is 2.57. The molecule has 0 amide bonds. The van der Waals surface area contributed by atoms with Crippen molar-refractivity contribution in [2.45, 2.75) is 20.0 Å². The number of hydrogen-bond donors (Lipinski definition) is 1. The molecule has 0 atom stereocenters. The van der Waals surface area contributed by atoms with E-state index in [4.69, 9.17) is 0 Å². The normalized spacial score (nSPS) is 18.2. The van der Waals surface area contributed by atoms with Gasteiger partial charge in [0.2, 0.25) is 0 Å². The molecule has 2 aromatic heterocycles. The number of pyridine rings is 1. The van der Waals surface area contributed by atoms with E-state index in [2.05, 4.69) is 70.1 Å². The Bertz CT molecular complexity index is 871. The first-order valence-electron chi connectivity index (χ1n) is 9.70. The Labute approximate surface area is 162 Å². The molecule has 0 saturated carbocycles. The summed E-state index contributed by atoms with van der Waals surface area (Å²) in [5, 5.41) is 3.33. The summed E-state index contributed by atoms with van der Waals surface area (Å²) >= 11 is 0. The van der Waals surface area contributed by atoms with Gasteiger partial charge in [-0.15, -0.1) is 0 Å². The molecular weight excluding hydrogens is 334 g/mol. The molecule has 0 aromatic carbocycles. The van der Waals surface area contributed by atoms with Crippen LogP contribution in [0.15, 0.2) is 37.7 Å². The maximum absolute atomic E-state index is 4.67. The zero-order valence-electron chi connectivity index (χ0n) is 16.5. The molecule has 1 saturated heterocycles. The average Bonchev–Trinajstić information content (AvgIpc) is 3.10. The third kappa shape index (κ3) is 3.70. The minimum Gasteiger partial charge on any atom is -0.382 e. The van der Waals surface area contributed by atoms with Crippen LogP contribution < -0.4 is 5.32 Å². The summed E-state index contributed by atoms with van der Waals surface area (Å²) in [6.07, 6.45) is 4.21. The number of hydrogen-bond acceptors (Lipinski definition) is 4. The number of fused-ring (bicyclic) bond motifs is 1. The molecule has 4 heterocycles. The predicted molar refractivity (Wildman–Crippen MR) is 111 cm³/mol. The Morgan fingerprint density at radius 2 is 1.96 bits per heavy atom. The molecule has 2 aliphatic heterocycles. The van der Waals surface area contributed by atoms with Gasteiger partial charge in [-0.05, 0) is 37.2 Å². The van der Waals surface area contributed by atoms with E-state index in [9.17, 15) is 0 Å². The lowest BCUT2D eigenvalue weighted by molar-refractivity contribution is 0.148. The number of rotatable bonds is 4. The Kier molecular flexibility index (Phi) is 4.89. The molecule has 1 fully saturated rings. The lowest BCUT2D eigenvalue weighted by Gasteiger charge is -2.32. The summed E-state index contributed by atoms with van der Waals surface area (Å²) in [7, 11) is 2.19. The van der Waals surface area contributed by atoms with Gasteiger partial charge in [0, 0.05) is 75.0 Å². The van der Waals surface area contributed by atoms with Crippen molar-refractivity contribution in [3.8, 4) is 0 Å². The molecular formula is C22H29N5. The third-order valence-electron chi connectivity index (χ3n) is 5.72. The molecule has 5 nitrogen and oxygen atoms in total. The van der Waals surface area contributed by atoms with E-state index < -0.39 is 0 Å². The van der Waals surface area contributed by atoms with Crippen LogP contribution in [0.4, 0.5) is 0 Å². The van der Waals surface area contributed by atoms with Crippen LogP contribution in [0.1, 0.15) is 28.1 Å². The fourth-order valence-electron chi connectivity index (χ4n) is 3.92. The summed E-state index contributed by atoms with van der Waals surface area (Å²) in [6, 6.07) is 4.45. The molecule has 1 N–H and O–H groups in total. The molecule has 0 bridgehead atoms. The molecule has 2 aliphatic rings. The van der Waals surface area contributed by atoms with Crippen molar-refractivity contribution >= 4 is 11.3 Å². The van der Waals surface area contributed by atoms with Gasteiger partial charge in [-0.1, -0.05) is 13.2 Å². The van der Waals surface area contributed by atoms with Gasteiger partial charge >= 0.3 is 0 Å². The lowest BCUT2D eigenvalue weighted by atomic mass is 9.99. The highest BCUT2D eigenvalue weighted by Gasteiger charge is 2.18. The van der Waals surface area contributed by atoms with Crippen molar-refractivity contribution in [1.82, 2.24) is 24.7 Å². The van der Waals surface area contributed by atoms with Gasteiger partial charge in [-0.25, -0.2) is 0 Å². The highest BCUT2D eigenvalue weighted by atomic mass is 15.2. The van der Waals surface area contributed by atoms with Gasteiger partial charge in [0.1, 0.15) is 0 Å². The minimum atomic E-state index is 0.924. The summed E-state index contributed by atoms with van der Waals surface area (Å²) in [6.45, 7) is 17.9. The fourth-order valence-corrected chi connectivity index (χ4v) is 3.92. The van der Waals surface area contributed by atoms with Crippen molar-refractivity contribution in [1.29, 1.82) is 0 Å². The topological polar surface area (TPSA) is 36.3 Å². The van der Waals surface area contributed by atoms with E-state index in [-0.39, 0.29) is 0 Å². The van der Waals surface area contributed by atoms with Crippen LogP contribution in [0, 0.1) is 6.92 Å². The second-order valence-electron chi connectivity index (χ2n) is 7.75. The van der Waals surface area contributed by atoms with Gasteiger partial charge in [-0.2, -0.15) is 0 Å². The Morgan fingerprint density at radius 1 is 1.19 bits per heavy atom. The second-order valence-corrected chi connectivity index (χ2v) is 7.75. The van der Waals surface area contributed by atoms with Gasteiger partial charge in [0.15, 0.2) is 0 Å². The molecule has 0 spiro atoms. The van der Waals surface area contributed by atoms with Crippen LogP contribution in [-0.4, -0.2) is 59.1 Å². The molecule has 5 heteroatoms. The number of aromatic nitrogens is 2. The largest absolute Gasteiger partial charge is 0.382 e. The highest BCUT2D eigenvalue weighted by Crippen LogP contribution is 2.29. The smallest absolute Gasteiger partial charge is 0.0643 e. The van der Waals surface area contributed by atoms with E-state index in [0.717, 1.165) is 79.6 Å². The number of nitrogens with one attached hydrogen (secondary N) is 1. The molecule has 0 aliphatic carbocycles. The van der Waals surface area contributed by atoms with Crippen molar-refractivity contribution < 1.29 is 0 Å². The first-order valence-corrected chi connectivity index (χ1v) is 9.70. The zero-order valence-corrected chi connectivity index (χ0v) is 16.5.